The van der Waals surface area contributed by atoms with E-state index in [2.05, 4.69) is 10.6 Å². The van der Waals surface area contributed by atoms with Crippen LogP contribution in [0.25, 0.3) is 0 Å². The van der Waals surface area contributed by atoms with Gasteiger partial charge in [0.25, 0.3) is 0 Å². The van der Waals surface area contributed by atoms with Gasteiger partial charge >= 0.3 is 6.03 Å². The van der Waals surface area contributed by atoms with Crippen molar-refractivity contribution in [1.29, 1.82) is 0 Å². The predicted molar refractivity (Wildman–Crippen MR) is 69.8 cm³/mol. The summed E-state index contributed by atoms with van der Waals surface area (Å²) in [6.07, 6.45) is 0. The van der Waals surface area contributed by atoms with E-state index in [1.54, 1.807) is 6.92 Å². The average Bonchev–Trinajstić information content (AvgIpc) is 2.30. The molecule has 0 heterocycles. The van der Waals surface area contributed by atoms with Gasteiger partial charge in [0.05, 0.1) is 5.75 Å². The molecule has 4 nitrogen and oxygen atoms in total. The molecule has 0 aromatic heterocycles. The van der Waals surface area contributed by atoms with E-state index in [1.165, 1.54) is 17.3 Å². The molecule has 17 heavy (non-hydrogen) atoms. The first-order valence-electron chi connectivity index (χ1n) is 5.41. The zero-order valence-corrected chi connectivity index (χ0v) is 10.5. The number of amides is 3. The van der Waals surface area contributed by atoms with Crippen molar-refractivity contribution in [1.82, 2.24) is 10.6 Å². The molecule has 2 N–H and O–H groups in total. The van der Waals surface area contributed by atoms with E-state index in [4.69, 9.17) is 0 Å². The molecule has 0 aliphatic heterocycles. The van der Waals surface area contributed by atoms with Gasteiger partial charge in [-0.2, -0.15) is 0 Å². The second-order valence-electron chi connectivity index (χ2n) is 3.39. The molecule has 0 aliphatic rings. The number of benzene rings is 1. The van der Waals surface area contributed by atoms with Crippen molar-refractivity contribution in [2.24, 2.45) is 0 Å². The topological polar surface area (TPSA) is 58.2 Å². The van der Waals surface area contributed by atoms with Crippen LogP contribution in [0.4, 0.5) is 4.79 Å². The fourth-order valence-electron chi connectivity index (χ4n) is 1.20. The lowest BCUT2D eigenvalue weighted by Crippen LogP contribution is -2.40. The van der Waals surface area contributed by atoms with Crippen LogP contribution in [0.15, 0.2) is 30.3 Å². The highest BCUT2D eigenvalue weighted by molar-refractivity contribution is 7.99. The third-order valence-electron chi connectivity index (χ3n) is 1.93. The SMILES string of the molecule is CCNC(=O)NC(=O)CSCc1ccccc1. The van der Waals surface area contributed by atoms with Crippen molar-refractivity contribution >= 4 is 23.7 Å². The van der Waals surface area contributed by atoms with Crippen LogP contribution in [0.2, 0.25) is 0 Å². The smallest absolute Gasteiger partial charge is 0.321 e. The van der Waals surface area contributed by atoms with Crippen LogP contribution in [0.5, 0.6) is 0 Å². The number of carbonyl (C=O) groups excluding carboxylic acids is 2. The summed E-state index contributed by atoms with van der Waals surface area (Å²) in [5, 5.41) is 4.76. The standard InChI is InChI=1S/C12H16N2O2S/c1-2-13-12(16)14-11(15)9-17-8-10-6-4-3-5-7-10/h3-7H,2,8-9H2,1H3,(H2,13,14,15,16). The Balaban J connectivity index is 2.18. The number of nitrogens with one attached hydrogen (secondary N) is 2. The molecular weight excluding hydrogens is 236 g/mol. The maximum Gasteiger partial charge on any atom is 0.321 e. The average molecular weight is 252 g/mol. The summed E-state index contributed by atoms with van der Waals surface area (Å²) in [5.74, 6) is 0.784. The van der Waals surface area contributed by atoms with Crippen molar-refractivity contribution in [3.05, 3.63) is 35.9 Å². The van der Waals surface area contributed by atoms with Gasteiger partial charge in [0.1, 0.15) is 0 Å². The number of rotatable bonds is 5. The quantitative estimate of drug-likeness (QED) is 0.839. The van der Waals surface area contributed by atoms with Gasteiger partial charge in [-0.15, -0.1) is 11.8 Å². The van der Waals surface area contributed by atoms with Crippen LogP contribution < -0.4 is 10.6 Å². The largest absolute Gasteiger partial charge is 0.338 e. The third kappa shape index (κ3) is 5.97. The minimum absolute atomic E-state index is 0.267. The van der Waals surface area contributed by atoms with E-state index in [0.717, 1.165) is 5.75 Å². The van der Waals surface area contributed by atoms with Gasteiger partial charge in [-0.3, -0.25) is 10.1 Å². The van der Waals surface area contributed by atoms with Crippen LogP contribution in [-0.4, -0.2) is 24.2 Å². The second kappa shape index (κ2) is 7.73. The van der Waals surface area contributed by atoms with Gasteiger partial charge in [0.2, 0.25) is 5.91 Å². The maximum atomic E-state index is 11.3. The van der Waals surface area contributed by atoms with Crippen molar-refractivity contribution in [2.75, 3.05) is 12.3 Å². The Morgan fingerprint density at radius 3 is 2.59 bits per heavy atom. The number of hydrogen-bond donors (Lipinski definition) is 2. The lowest BCUT2D eigenvalue weighted by atomic mass is 10.2. The summed E-state index contributed by atoms with van der Waals surface area (Å²) >= 11 is 1.48. The second-order valence-corrected chi connectivity index (χ2v) is 4.37. The van der Waals surface area contributed by atoms with Gasteiger partial charge in [-0.05, 0) is 12.5 Å². The Bertz CT molecular complexity index is 368. The highest BCUT2D eigenvalue weighted by Gasteiger charge is 2.06. The number of hydrogen-bond acceptors (Lipinski definition) is 3. The highest BCUT2D eigenvalue weighted by atomic mass is 32.2. The highest BCUT2D eigenvalue weighted by Crippen LogP contribution is 2.10. The third-order valence-corrected chi connectivity index (χ3v) is 2.94. The number of thioether (sulfide) groups is 1. The van der Waals surface area contributed by atoms with Crippen LogP contribution in [-0.2, 0) is 10.5 Å². The maximum absolute atomic E-state index is 11.3. The molecule has 1 rings (SSSR count). The van der Waals surface area contributed by atoms with Crippen LogP contribution in [0.1, 0.15) is 12.5 Å². The minimum atomic E-state index is -0.433. The molecule has 0 unspecified atom stereocenters. The molecule has 1 aromatic rings. The first-order valence-corrected chi connectivity index (χ1v) is 6.57. The van der Waals surface area contributed by atoms with Crippen molar-refractivity contribution in [3.63, 3.8) is 0 Å². The summed E-state index contributed by atoms with van der Waals surface area (Å²) in [6, 6.07) is 9.46. The number of urea groups is 1. The summed E-state index contributed by atoms with van der Waals surface area (Å²) in [5.41, 5.74) is 1.17. The monoisotopic (exact) mass is 252 g/mol. The van der Waals surface area contributed by atoms with Gasteiger partial charge in [0.15, 0.2) is 0 Å². The Morgan fingerprint density at radius 1 is 1.24 bits per heavy atom. The van der Waals surface area contributed by atoms with Gasteiger partial charge in [-0.25, -0.2) is 4.79 Å². The van der Waals surface area contributed by atoms with Crippen LogP contribution in [0.3, 0.4) is 0 Å². The van der Waals surface area contributed by atoms with Crippen molar-refractivity contribution < 1.29 is 9.59 Å². The molecule has 0 radical (unpaired) electrons. The van der Waals surface area contributed by atoms with Crippen molar-refractivity contribution in [2.45, 2.75) is 12.7 Å². The number of imide groups is 1. The zero-order chi connectivity index (χ0) is 12.5. The normalized spacial score (nSPS) is 9.71. The molecule has 92 valence electrons. The first-order chi connectivity index (χ1) is 8.22. The fourth-order valence-corrected chi connectivity index (χ4v) is 1.99. The Hall–Kier alpha value is -1.49. The molecule has 3 amide bonds. The lowest BCUT2D eigenvalue weighted by molar-refractivity contribution is -0.117. The molecule has 0 bridgehead atoms. The van der Waals surface area contributed by atoms with Crippen LogP contribution >= 0.6 is 11.8 Å². The Morgan fingerprint density at radius 2 is 1.94 bits per heavy atom. The van der Waals surface area contributed by atoms with Crippen molar-refractivity contribution in [3.8, 4) is 0 Å². The Kier molecular flexibility index (Phi) is 6.17. The summed E-state index contributed by atoms with van der Waals surface area (Å²) < 4.78 is 0. The fraction of sp³-hybridized carbons (Fsp3) is 0.333. The molecule has 5 heteroatoms. The zero-order valence-electron chi connectivity index (χ0n) is 9.73. The molecule has 0 saturated heterocycles. The molecule has 0 fully saturated rings. The lowest BCUT2D eigenvalue weighted by Gasteiger charge is -2.04. The molecule has 0 saturated carbocycles. The van der Waals surface area contributed by atoms with E-state index in [-0.39, 0.29) is 11.7 Å². The summed E-state index contributed by atoms with van der Waals surface area (Å²) in [4.78, 5) is 22.4. The van der Waals surface area contributed by atoms with E-state index < -0.39 is 6.03 Å². The predicted octanol–water partition coefficient (Wildman–Crippen LogP) is 1.77. The number of carbonyl (C=O) groups is 2. The van der Waals surface area contributed by atoms with Gasteiger partial charge < -0.3 is 5.32 Å². The van der Waals surface area contributed by atoms with Crippen LogP contribution in [0, 0.1) is 0 Å². The van der Waals surface area contributed by atoms with E-state index in [9.17, 15) is 9.59 Å². The Labute approximate surface area is 105 Å². The minimum Gasteiger partial charge on any atom is -0.338 e. The van der Waals surface area contributed by atoms with Gasteiger partial charge in [-0.1, -0.05) is 30.3 Å². The van der Waals surface area contributed by atoms with Gasteiger partial charge in [0, 0.05) is 12.3 Å². The molecular formula is C12H16N2O2S. The molecule has 1 aromatic carbocycles. The summed E-state index contributed by atoms with van der Waals surface area (Å²) in [7, 11) is 0. The first kappa shape index (κ1) is 13.6. The van der Waals surface area contributed by atoms with E-state index >= 15 is 0 Å². The summed E-state index contributed by atoms with van der Waals surface area (Å²) in [6.45, 7) is 2.31. The molecule has 0 atom stereocenters. The van der Waals surface area contributed by atoms with E-state index in [0.29, 0.717) is 6.54 Å². The molecule has 0 aliphatic carbocycles. The molecule has 0 spiro atoms. The van der Waals surface area contributed by atoms with E-state index in [1.807, 2.05) is 30.3 Å².